The predicted octanol–water partition coefficient (Wildman–Crippen LogP) is 3.07. The Morgan fingerprint density at radius 2 is 2.00 bits per heavy atom. The highest BCUT2D eigenvalue weighted by Gasteiger charge is 2.33. The number of carbonyl (C=O) groups excluding carboxylic acids is 1. The molecule has 0 saturated carbocycles. The van der Waals surface area contributed by atoms with Gasteiger partial charge in [0.1, 0.15) is 0 Å². The minimum Gasteiger partial charge on any atom is -0.493 e. The summed E-state index contributed by atoms with van der Waals surface area (Å²) in [5.41, 5.74) is 1.21. The molecule has 152 valence electrons. The van der Waals surface area contributed by atoms with Crippen molar-refractivity contribution >= 4 is 16.9 Å². The highest BCUT2D eigenvalue weighted by atomic mass is 16.5. The van der Waals surface area contributed by atoms with Crippen LogP contribution in [-0.2, 0) is 12.0 Å². The van der Waals surface area contributed by atoms with Crippen molar-refractivity contribution in [1.82, 2.24) is 14.7 Å². The fourth-order valence-corrected chi connectivity index (χ4v) is 3.53. The molecule has 0 atom stereocenters. The molecule has 0 radical (unpaired) electrons. The topological polar surface area (TPSA) is 77.6 Å². The average molecular weight is 395 g/mol. The van der Waals surface area contributed by atoms with Crippen molar-refractivity contribution in [3.8, 4) is 5.75 Å². The third-order valence-electron chi connectivity index (χ3n) is 5.25. The minimum atomic E-state index is -0.150. The molecule has 0 aliphatic carbocycles. The van der Waals surface area contributed by atoms with Crippen LogP contribution in [0.25, 0.3) is 11.0 Å². The number of ether oxygens (including phenoxy) is 1. The van der Waals surface area contributed by atoms with Crippen molar-refractivity contribution in [3.63, 3.8) is 0 Å². The molecule has 1 amide bonds. The standard InChI is InChI=1S/C22H25N3O4/c1-22(2,3)18-8-9-19(26)25(23-18)13-14-11-24(12-14)21(27)17-10-15-6-5-7-16(28-4)20(15)29-17/h5-10,14H,11-13H2,1-4H3. The molecule has 1 saturated heterocycles. The van der Waals surface area contributed by atoms with Crippen molar-refractivity contribution in [2.75, 3.05) is 20.2 Å². The Morgan fingerprint density at radius 3 is 2.69 bits per heavy atom. The average Bonchev–Trinajstić information content (AvgIpc) is 3.08. The zero-order chi connectivity index (χ0) is 20.8. The SMILES string of the molecule is COc1cccc2cc(C(=O)N3CC(Cn4nc(C(C)(C)C)ccc4=O)C3)oc12. The van der Waals surface area contributed by atoms with E-state index in [9.17, 15) is 9.59 Å². The third-order valence-corrected chi connectivity index (χ3v) is 5.25. The summed E-state index contributed by atoms with van der Waals surface area (Å²) in [5.74, 6) is 0.946. The van der Waals surface area contributed by atoms with Gasteiger partial charge in [0, 0.05) is 35.9 Å². The molecule has 4 rings (SSSR count). The van der Waals surface area contributed by atoms with Gasteiger partial charge in [0.25, 0.3) is 11.5 Å². The van der Waals surface area contributed by atoms with Crippen LogP contribution in [0.1, 0.15) is 37.0 Å². The summed E-state index contributed by atoms with van der Waals surface area (Å²) in [5, 5.41) is 5.34. The van der Waals surface area contributed by atoms with Crippen molar-refractivity contribution in [3.05, 3.63) is 58.2 Å². The highest BCUT2D eigenvalue weighted by molar-refractivity contribution is 5.97. The summed E-state index contributed by atoms with van der Waals surface area (Å²) in [6.07, 6.45) is 0. The first-order valence-electron chi connectivity index (χ1n) is 9.71. The second-order valence-electron chi connectivity index (χ2n) is 8.55. The smallest absolute Gasteiger partial charge is 0.289 e. The van der Waals surface area contributed by atoms with E-state index in [0.717, 1.165) is 11.1 Å². The first-order valence-corrected chi connectivity index (χ1v) is 9.71. The number of nitrogens with zero attached hydrogens (tertiary/aromatic N) is 3. The van der Waals surface area contributed by atoms with Crippen molar-refractivity contribution in [1.29, 1.82) is 0 Å². The van der Waals surface area contributed by atoms with E-state index < -0.39 is 0 Å². The van der Waals surface area contributed by atoms with Crippen LogP contribution in [-0.4, -0.2) is 40.8 Å². The van der Waals surface area contributed by atoms with Gasteiger partial charge in [-0.05, 0) is 18.2 Å². The second kappa shape index (κ2) is 7.06. The maximum atomic E-state index is 12.8. The summed E-state index contributed by atoms with van der Waals surface area (Å²) in [4.78, 5) is 26.6. The van der Waals surface area contributed by atoms with Crippen LogP contribution in [0, 0.1) is 5.92 Å². The van der Waals surface area contributed by atoms with Gasteiger partial charge in [0.15, 0.2) is 17.1 Å². The van der Waals surface area contributed by atoms with E-state index in [1.165, 1.54) is 4.68 Å². The molecule has 0 N–H and O–H groups in total. The maximum absolute atomic E-state index is 12.8. The number of rotatable bonds is 4. The molecule has 0 spiro atoms. The van der Waals surface area contributed by atoms with Gasteiger partial charge < -0.3 is 14.1 Å². The molecule has 1 aromatic carbocycles. The van der Waals surface area contributed by atoms with E-state index in [0.29, 0.717) is 36.7 Å². The lowest BCUT2D eigenvalue weighted by Gasteiger charge is -2.38. The van der Waals surface area contributed by atoms with Gasteiger partial charge in [-0.3, -0.25) is 9.59 Å². The number of furan rings is 1. The molecule has 3 heterocycles. The molecule has 0 bridgehead atoms. The number of methoxy groups -OCH3 is 1. The lowest BCUT2D eigenvalue weighted by atomic mass is 9.92. The Hall–Kier alpha value is -3.09. The van der Waals surface area contributed by atoms with Crippen LogP contribution >= 0.6 is 0 Å². The molecular formula is C22H25N3O4. The quantitative estimate of drug-likeness (QED) is 0.678. The highest BCUT2D eigenvalue weighted by Crippen LogP contribution is 2.30. The third kappa shape index (κ3) is 3.64. The van der Waals surface area contributed by atoms with Crippen molar-refractivity contribution in [2.24, 2.45) is 5.92 Å². The molecular weight excluding hydrogens is 370 g/mol. The van der Waals surface area contributed by atoms with Gasteiger partial charge in [0.05, 0.1) is 19.3 Å². The molecule has 29 heavy (non-hydrogen) atoms. The molecule has 1 fully saturated rings. The van der Waals surface area contributed by atoms with Crippen LogP contribution in [0.3, 0.4) is 0 Å². The number of carbonyl (C=O) groups is 1. The molecule has 0 unspecified atom stereocenters. The molecule has 3 aromatic rings. The largest absolute Gasteiger partial charge is 0.493 e. The summed E-state index contributed by atoms with van der Waals surface area (Å²) < 4.78 is 12.6. The zero-order valence-corrected chi connectivity index (χ0v) is 17.1. The first-order chi connectivity index (χ1) is 13.8. The Balaban J connectivity index is 1.44. The van der Waals surface area contributed by atoms with Gasteiger partial charge >= 0.3 is 0 Å². The predicted molar refractivity (Wildman–Crippen MR) is 109 cm³/mol. The van der Waals surface area contributed by atoms with E-state index >= 15 is 0 Å². The summed E-state index contributed by atoms with van der Waals surface area (Å²) >= 11 is 0. The summed E-state index contributed by atoms with van der Waals surface area (Å²) in [6, 6.07) is 10.6. The molecule has 7 heteroatoms. The molecule has 1 aliphatic heterocycles. The molecule has 1 aliphatic rings. The van der Waals surface area contributed by atoms with E-state index in [1.54, 1.807) is 36.3 Å². The number of fused-ring (bicyclic) bond motifs is 1. The van der Waals surface area contributed by atoms with E-state index in [-0.39, 0.29) is 22.8 Å². The Bertz CT molecular complexity index is 1120. The van der Waals surface area contributed by atoms with E-state index in [1.807, 2.05) is 12.1 Å². The van der Waals surface area contributed by atoms with Crippen LogP contribution < -0.4 is 10.3 Å². The number of benzene rings is 1. The van der Waals surface area contributed by atoms with E-state index in [4.69, 9.17) is 9.15 Å². The monoisotopic (exact) mass is 395 g/mol. The second-order valence-corrected chi connectivity index (χ2v) is 8.55. The normalized spacial score (nSPS) is 14.8. The summed E-state index contributed by atoms with van der Waals surface area (Å²) in [7, 11) is 1.57. The Labute approximate surface area is 168 Å². The number of likely N-dealkylation sites (tertiary alicyclic amines) is 1. The number of hydrogen-bond acceptors (Lipinski definition) is 5. The van der Waals surface area contributed by atoms with Gasteiger partial charge in [-0.15, -0.1) is 0 Å². The fraction of sp³-hybridized carbons (Fsp3) is 0.409. The van der Waals surface area contributed by atoms with Crippen molar-refractivity contribution < 1.29 is 13.9 Å². The van der Waals surface area contributed by atoms with E-state index in [2.05, 4.69) is 25.9 Å². The lowest BCUT2D eigenvalue weighted by molar-refractivity contribution is 0.0429. The zero-order valence-electron chi connectivity index (χ0n) is 17.1. The molecule has 2 aromatic heterocycles. The van der Waals surface area contributed by atoms with Crippen LogP contribution in [0.5, 0.6) is 5.75 Å². The maximum Gasteiger partial charge on any atom is 0.289 e. The van der Waals surface area contributed by atoms with Gasteiger partial charge in [-0.1, -0.05) is 32.9 Å². The van der Waals surface area contributed by atoms with Crippen LogP contribution in [0.4, 0.5) is 0 Å². The Morgan fingerprint density at radius 1 is 1.24 bits per heavy atom. The van der Waals surface area contributed by atoms with Crippen LogP contribution in [0.15, 0.2) is 45.6 Å². The number of aromatic nitrogens is 2. The van der Waals surface area contributed by atoms with Gasteiger partial charge in [-0.25, -0.2) is 4.68 Å². The Kier molecular flexibility index (Phi) is 4.68. The van der Waals surface area contributed by atoms with Crippen molar-refractivity contribution in [2.45, 2.75) is 32.7 Å². The van der Waals surface area contributed by atoms with Gasteiger partial charge in [-0.2, -0.15) is 5.10 Å². The number of amides is 1. The summed E-state index contributed by atoms with van der Waals surface area (Å²) in [6.45, 7) is 7.84. The minimum absolute atomic E-state index is 0.118. The first kappa shape index (κ1) is 19.2. The lowest BCUT2D eigenvalue weighted by Crippen LogP contribution is -2.52. The fourth-order valence-electron chi connectivity index (χ4n) is 3.53. The van der Waals surface area contributed by atoms with Gasteiger partial charge in [0.2, 0.25) is 0 Å². The number of para-hydroxylation sites is 1. The molecule has 7 nitrogen and oxygen atoms in total. The van der Waals surface area contributed by atoms with Crippen LogP contribution in [0.2, 0.25) is 0 Å². The number of hydrogen-bond donors (Lipinski definition) is 0.